The van der Waals surface area contributed by atoms with E-state index < -0.39 is 35.9 Å². The van der Waals surface area contributed by atoms with Crippen molar-refractivity contribution in [3.63, 3.8) is 0 Å². The molecule has 2 aromatic carbocycles. The highest BCUT2D eigenvalue weighted by Gasteiger charge is 2.28. The maximum atomic E-state index is 13.2. The molecule has 0 saturated heterocycles. The monoisotopic (exact) mass is 518 g/mol. The summed E-state index contributed by atoms with van der Waals surface area (Å²) in [5.41, 5.74) is 15.3. The molecule has 0 aliphatic heterocycles. The molecule has 4 aromatic rings. The summed E-state index contributed by atoms with van der Waals surface area (Å²) in [5, 5.41) is 17.1. The zero-order chi connectivity index (χ0) is 27.1. The summed E-state index contributed by atoms with van der Waals surface area (Å²) < 4.78 is 0. The van der Waals surface area contributed by atoms with E-state index in [1.54, 1.807) is 6.20 Å². The van der Waals surface area contributed by atoms with E-state index in [2.05, 4.69) is 20.6 Å². The van der Waals surface area contributed by atoms with Crippen molar-refractivity contribution in [2.75, 3.05) is 6.54 Å². The number of hydrogen-bond donors (Lipinski definition) is 7. The van der Waals surface area contributed by atoms with Crippen LogP contribution in [0.4, 0.5) is 0 Å². The van der Waals surface area contributed by atoms with Crippen LogP contribution in [-0.2, 0) is 27.2 Å². The minimum atomic E-state index is -1.17. The molecular weight excluding hydrogens is 484 g/mol. The van der Waals surface area contributed by atoms with Gasteiger partial charge in [0.2, 0.25) is 11.8 Å². The lowest BCUT2D eigenvalue weighted by Gasteiger charge is -2.23. The first-order chi connectivity index (χ1) is 18.4. The number of nitrogens with two attached hydrogens (primary N) is 2. The van der Waals surface area contributed by atoms with E-state index >= 15 is 0 Å². The number of carboxylic acids is 1. The first-order valence-electron chi connectivity index (χ1n) is 12.8. The number of hydrogen-bond acceptors (Lipinski definition) is 5. The predicted molar refractivity (Wildman–Crippen MR) is 146 cm³/mol. The Labute approximate surface area is 220 Å². The molecule has 0 radical (unpaired) electrons. The number of aromatic nitrogens is 2. The lowest BCUT2D eigenvalue weighted by Crippen LogP contribution is -2.55. The third-order valence-corrected chi connectivity index (χ3v) is 6.74. The quantitative estimate of drug-likeness (QED) is 0.133. The highest BCUT2D eigenvalue weighted by molar-refractivity contribution is 5.93. The van der Waals surface area contributed by atoms with Gasteiger partial charge in [0.25, 0.3) is 0 Å². The van der Waals surface area contributed by atoms with Gasteiger partial charge in [0.1, 0.15) is 12.1 Å². The van der Waals surface area contributed by atoms with Crippen molar-refractivity contribution in [3.05, 3.63) is 72.1 Å². The topological polar surface area (TPSA) is 179 Å². The Morgan fingerprint density at radius 3 is 1.92 bits per heavy atom. The number of nitrogens with one attached hydrogen (secondary N) is 4. The van der Waals surface area contributed by atoms with Crippen LogP contribution < -0.4 is 22.1 Å². The second-order valence-electron chi connectivity index (χ2n) is 9.48. The molecule has 4 rings (SSSR count). The van der Waals surface area contributed by atoms with E-state index in [1.807, 2.05) is 54.7 Å². The number of unbranched alkanes of at least 4 members (excludes halogenated alkanes) is 1. The van der Waals surface area contributed by atoms with Gasteiger partial charge >= 0.3 is 5.97 Å². The van der Waals surface area contributed by atoms with Crippen LogP contribution in [0.25, 0.3) is 21.8 Å². The molecule has 2 heterocycles. The summed E-state index contributed by atoms with van der Waals surface area (Å²) in [6, 6.07) is 12.3. The lowest BCUT2D eigenvalue weighted by molar-refractivity contribution is -0.142. The van der Waals surface area contributed by atoms with E-state index in [0.717, 1.165) is 32.9 Å². The highest BCUT2D eigenvalue weighted by atomic mass is 16.4. The van der Waals surface area contributed by atoms with Gasteiger partial charge in [0.15, 0.2) is 0 Å². The number of para-hydroxylation sites is 2. The smallest absolute Gasteiger partial charge is 0.326 e. The number of carbonyl (C=O) groups excluding carboxylic acids is 2. The fourth-order valence-electron chi connectivity index (χ4n) is 4.66. The molecule has 0 spiro atoms. The minimum absolute atomic E-state index is 0.0919. The molecule has 10 nitrogen and oxygen atoms in total. The van der Waals surface area contributed by atoms with Gasteiger partial charge in [-0.25, -0.2) is 4.79 Å². The van der Waals surface area contributed by atoms with E-state index in [4.69, 9.17) is 11.5 Å². The third kappa shape index (κ3) is 6.39. The Morgan fingerprint density at radius 1 is 0.789 bits per heavy atom. The van der Waals surface area contributed by atoms with Crippen LogP contribution in [0.15, 0.2) is 60.9 Å². The number of fused-ring (bicyclic) bond motifs is 2. The Kier molecular flexibility index (Phi) is 8.77. The molecule has 0 fully saturated rings. The summed E-state index contributed by atoms with van der Waals surface area (Å²) in [6.45, 7) is 0.445. The summed E-state index contributed by atoms with van der Waals surface area (Å²) in [4.78, 5) is 44.6. The molecule has 200 valence electrons. The van der Waals surface area contributed by atoms with Gasteiger partial charge in [-0.15, -0.1) is 0 Å². The van der Waals surface area contributed by atoms with Gasteiger partial charge in [0, 0.05) is 40.6 Å². The number of benzene rings is 2. The number of aliphatic carboxylic acids is 1. The Bertz CT molecular complexity index is 1410. The fraction of sp³-hybridized carbons (Fsp3) is 0.321. The van der Waals surface area contributed by atoms with Crippen molar-refractivity contribution in [2.45, 2.75) is 50.2 Å². The first kappa shape index (κ1) is 26.9. The van der Waals surface area contributed by atoms with Gasteiger partial charge in [-0.05, 0) is 55.5 Å². The zero-order valence-corrected chi connectivity index (χ0v) is 21.1. The van der Waals surface area contributed by atoms with E-state index in [-0.39, 0.29) is 12.8 Å². The fourth-order valence-corrected chi connectivity index (χ4v) is 4.66. The summed E-state index contributed by atoms with van der Waals surface area (Å²) in [7, 11) is 0. The van der Waals surface area contributed by atoms with Crippen LogP contribution in [0.2, 0.25) is 0 Å². The Morgan fingerprint density at radius 2 is 1.34 bits per heavy atom. The van der Waals surface area contributed by atoms with Gasteiger partial charge < -0.3 is 37.2 Å². The van der Waals surface area contributed by atoms with Gasteiger partial charge in [0.05, 0.1) is 6.04 Å². The van der Waals surface area contributed by atoms with E-state index in [1.165, 1.54) is 0 Å². The average molecular weight is 519 g/mol. The molecule has 10 heteroatoms. The second-order valence-corrected chi connectivity index (χ2v) is 9.48. The van der Waals surface area contributed by atoms with Crippen molar-refractivity contribution >= 4 is 39.6 Å². The molecule has 0 saturated carbocycles. The van der Waals surface area contributed by atoms with Crippen molar-refractivity contribution in [1.82, 2.24) is 20.6 Å². The van der Waals surface area contributed by atoms with Gasteiger partial charge in [-0.1, -0.05) is 36.4 Å². The predicted octanol–water partition coefficient (Wildman–Crippen LogP) is 1.94. The number of carbonyl (C=O) groups is 3. The van der Waals surface area contributed by atoms with E-state index in [0.29, 0.717) is 25.8 Å². The van der Waals surface area contributed by atoms with Crippen LogP contribution >= 0.6 is 0 Å². The van der Waals surface area contributed by atoms with Gasteiger partial charge in [-0.3, -0.25) is 9.59 Å². The molecular formula is C28H34N6O4. The number of amides is 2. The van der Waals surface area contributed by atoms with Crippen molar-refractivity contribution in [3.8, 4) is 0 Å². The van der Waals surface area contributed by atoms with Crippen LogP contribution in [0.5, 0.6) is 0 Å². The summed E-state index contributed by atoms with van der Waals surface area (Å²) in [6.07, 6.45) is 5.52. The van der Waals surface area contributed by atoms with Crippen LogP contribution in [0.1, 0.15) is 30.4 Å². The van der Waals surface area contributed by atoms with Crippen LogP contribution in [-0.4, -0.2) is 57.5 Å². The molecule has 0 aliphatic carbocycles. The molecule has 0 bridgehead atoms. The minimum Gasteiger partial charge on any atom is -0.480 e. The summed E-state index contributed by atoms with van der Waals surface area (Å²) >= 11 is 0. The Balaban J connectivity index is 1.43. The van der Waals surface area contributed by atoms with Gasteiger partial charge in [-0.2, -0.15) is 0 Å². The average Bonchev–Trinajstić information content (AvgIpc) is 3.51. The SMILES string of the molecule is NCCCC[C@H](NC(=O)[C@@H](N)Cc1c[nH]c2ccccc12)C(=O)N[C@@H](Cc1c[nH]c2ccccc12)C(=O)O. The molecule has 0 aliphatic rings. The standard InChI is InChI=1S/C28H34N6O4/c29-12-6-5-11-24(33-26(35)21(30)13-17-15-31-22-9-3-1-7-19(17)22)27(36)34-25(28(37)38)14-18-16-32-23-10-4-2-8-20(18)23/h1-4,7-10,15-16,21,24-25,31-32H,5-6,11-14,29-30H2,(H,33,35)(H,34,36)(H,37,38)/t21-,24-,25-/m0/s1. The number of carboxylic acid groups (broad SMARTS) is 1. The molecule has 2 amide bonds. The normalized spacial score (nSPS) is 13.7. The second kappa shape index (κ2) is 12.4. The highest BCUT2D eigenvalue weighted by Crippen LogP contribution is 2.20. The maximum absolute atomic E-state index is 13.2. The van der Waals surface area contributed by atoms with Crippen LogP contribution in [0.3, 0.4) is 0 Å². The number of aromatic amines is 2. The molecule has 38 heavy (non-hydrogen) atoms. The zero-order valence-electron chi connectivity index (χ0n) is 21.1. The number of rotatable bonds is 13. The summed E-state index contributed by atoms with van der Waals surface area (Å²) in [5.74, 6) is -2.21. The Hall–Kier alpha value is -4.15. The van der Waals surface area contributed by atoms with Crippen molar-refractivity contribution in [2.24, 2.45) is 11.5 Å². The number of H-pyrrole nitrogens is 2. The lowest BCUT2D eigenvalue weighted by atomic mass is 10.0. The maximum Gasteiger partial charge on any atom is 0.326 e. The largest absolute Gasteiger partial charge is 0.480 e. The molecule has 0 unspecified atom stereocenters. The van der Waals surface area contributed by atoms with E-state index in [9.17, 15) is 19.5 Å². The van der Waals surface area contributed by atoms with Crippen molar-refractivity contribution in [1.29, 1.82) is 0 Å². The molecule has 3 atom stereocenters. The van der Waals surface area contributed by atoms with Crippen LogP contribution in [0, 0.1) is 0 Å². The van der Waals surface area contributed by atoms with Crippen molar-refractivity contribution < 1.29 is 19.5 Å². The molecule has 2 aromatic heterocycles. The molecule has 9 N–H and O–H groups in total. The third-order valence-electron chi connectivity index (χ3n) is 6.74. The first-order valence-corrected chi connectivity index (χ1v) is 12.8.